The number of esters is 2. The standard InChI is InChI=1S/C12H16N2O7/c1-3-20-10(17)6-13-8(15)5-9(16)14(12(13)19)7-11(18)21-4-2/h5,15H,3-4,6-7H2,1-2H3. The molecule has 0 radical (unpaired) electrons. The summed E-state index contributed by atoms with van der Waals surface area (Å²) in [5, 5.41) is 9.58. The number of aromatic nitrogens is 2. The van der Waals surface area contributed by atoms with Crippen LogP contribution in [0, 0.1) is 0 Å². The van der Waals surface area contributed by atoms with Crippen molar-refractivity contribution >= 4 is 11.9 Å². The first-order valence-electron chi connectivity index (χ1n) is 6.25. The fourth-order valence-corrected chi connectivity index (χ4v) is 1.57. The Morgan fingerprint density at radius 3 is 2.00 bits per heavy atom. The Morgan fingerprint density at radius 1 is 1.05 bits per heavy atom. The fourth-order valence-electron chi connectivity index (χ4n) is 1.57. The molecule has 0 aromatic carbocycles. The van der Waals surface area contributed by atoms with Gasteiger partial charge in [-0.15, -0.1) is 0 Å². The molecule has 0 saturated heterocycles. The lowest BCUT2D eigenvalue weighted by atomic mass is 10.5. The maximum absolute atomic E-state index is 12.0. The number of ether oxygens (including phenoxy) is 2. The Morgan fingerprint density at radius 2 is 1.52 bits per heavy atom. The van der Waals surface area contributed by atoms with Gasteiger partial charge in [-0.3, -0.25) is 19.0 Å². The van der Waals surface area contributed by atoms with Gasteiger partial charge in [0.25, 0.3) is 5.56 Å². The SMILES string of the molecule is CCOC(=O)Cn1c(O)cc(=O)n(CC(=O)OCC)c1=O. The summed E-state index contributed by atoms with van der Waals surface area (Å²) in [7, 11) is 0. The highest BCUT2D eigenvalue weighted by molar-refractivity contribution is 5.70. The second-order valence-electron chi connectivity index (χ2n) is 3.91. The van der Waals surface area contributed by atoms with Crippen molar-refractivity contribution in [2.45, 2.75) is 26.9 Å². The van der Waals surface area contributed by atoms with Crippen molar-refractivity contribution in [1.29, 1.82) is 0 Å². The van der Waals surface area contributed by atoms with E-state index in [-0.39, 0.29) is 13.2 Å². The molecular formula is C12H16N2O7. The maximum atomic E-state index is 12.0. The van der Waals surface area contributed by atoms with Crippen LogP contribution in [0.5, 0.6) is 5.88 Å². The van der Waals surface area contributed by atoms with Crippen molar-refractivity contribution in [1.82, 2.24) is 9.13 Å². The van der Waals surface area contributed by atoms with Crippen LogP contribution in [0.15, 0.2) is 15.7 Å². The normalized spacial score (nSPS) is 10.2. The van der Waals surface area contributed by atoms with Gasteiger partial charge < -0.3 is 14.6 Å². The van der Waals surface area contributed by atoms with E-state index < -0.39 is 42.2 Å². The Bertz CT molecular complexity index is 644. The lowest BCUT2D eigenvalue weighted by Crippen LogP contribution is -2.42. The second kappa shape index (κ2) is 7.27. The minimum atomic E-state index is -0.999. The highest BCUT2D eigenvalue weighted by Crippen LogP contribution is 2.01. The molecule has 0 aliphatic heterocycles. The molecule has 21 heavy (non-hydrogen) atoms. The third-order valence-corrected chi connectivity index (χ3v) is 2.44. The van der Waals surface area contributed by atoms with Gasteiger partial charge in [0, 0.05) is 0 Å². The van der Waals surface area contributed by atoms with E-state index in [4.69, 9.17) is 0 Å². The van der Waals surface area contributed by atoms with Crippen LogP contribution < -0.4 is 11.2 Å². The topological polar surface area (TPSA) is 117 Å². The van der Waals surface area contributed by atoms with Gasteiger partial charge in [-0.2, -0.15) is 0 Å². The summed E-state index contributed by atoms with van der Waals surface area (Å²) in [5.41, 5.74) is -1.87. The monoisotopic (exact) mass is 300 g/mol. The zero-order valence-corrected chi connectivity index (χ0v) is 11.7. The average Bonchev–Trinajstić information content (AvgIpc) is 2.40. The number of hydrogen-bond donors (Lipinski definition) is 1. The Balaban J connectivity index is 3.16. The molecule has 1 aromatic rings. The van der Waals surface area contributed by atoms with E-state index in [0.29, 0.717) is 9.13 Å². The summed E-state index contributed by atoms with van der Waals surface area (Å²) in [6.45, 7) is 2.20. The Hall–Kier alpha value is -2.58. The van der Waals surface area contributed by atoms with Crippen molar-refractivity contribution < 1.29 is 24.2 Å². The molecule has 0 amide bonds. The summed E-state index contributed by atoms with van der Waals surface area (Å²) in [4.78, 5) is 46.4. The van der Waals surface area contributed by atoms with Crippen molar-refractivity contribution in [3.8, 4) is 5.88 Å². The number of hydrogen-bond acceptors (Lipinski definition) is 7. The second-order valence-corrected chi connectivity index (χ2v) is 3.91. The third kappa shape index (κ3) is 4.20. The van der Waals surface area contributed by atoms with Crippen molar-refractivity contribution in [3.05, 3.63) is 26.9 Å². The molecule has 116 valence electrons. The van der Waals surface area contributed by atoms with Gasteiger partial charge >= 0.3 is 17.6 Å². The third-order valence-electron chi connectivity index (χ3n) is 2.44. The summed E-state index contributed by atoms with van der Waals surface area (Å²) in [6, 6.07) is 0.736. The molecule has 9 heteroatoms. The van der Waals surface area contributed by atoms with Crippen LogP contribution in [0.4, 0.5) is 0 Å². The van der Waals surface area contributed by atoms with E-state index in [9.17, 15) is 24.3 Å². The van der Waals surface area contributed by atoms with Crippen molar-refractivity contribution in [3.63, 3.8) is 0 Å². The molecule has 1 heterocycles. The first-order valence-corrected chi connectivity index (χ1v) is 6.25. The molecule has 9 nitrogen and oxygen atoms in total. The van der Waals surface area contributed by atoms with Gasteiger partial charge in [0.2, 0.25) is 5.88 Å². The van der Waals surface area contributed by atoms with E-state index in [1.165, 1.54) is 0 Å². The maximum Gasteiger partial charge on any atom is 0.334 e. The zero-order valence-electron chi connectivity index (χ0n) is 11.7. The molecule has 0 bridgehead atoms. The molecule has 0 atom stereocenters. The Kier molecular flexibility index (Phi) is 5.70. The number of carbonyl (C=O) groups excluding carboxylic acids is 2. The molecule has 0 saturated carbocycles. The van der Waals surface area contributed by atoms with Gasteiger partial charge in [-0.1, -0.05) is 0 Å². The smallest absolute Gasteiger partial charge is 0.334 e. The van der Waals surface area contributed by atoms with Gasteiger partial charge in [-0.05, 0) is 13.8 Å². The minimum absolute atomic E-state index is 0.0999. The number of carbonyl (C=O) groups is 2. The predicted molar refractivity (Wildman–Crippen MR) is 69.9 cm³/mol. The van der Waals surface area contributed by atoms with E-state index in [1.807, 2.05) is 0 Å². The molecule has 0 unspecified atom stereocenters. The van der Waals surface area contributed by atoms with Gasteiger partial charge in [0.15, 0.2) is 0 Å². The van der Waals surface area contributed by atoms with E-state index in [2.05, 4.69) is 9.47 Å². The van der Waals surface area contributed by atoms with Crippen LogP contribution in [-0.2, 0) is 32.2 Å². The summed E-state index contributed by atoms with van der Waals surface area (Å²) in [5.74, 6) is -2.21. The van der Waals surface area contributed by atoms with Crippen molar-refractivity contribution in [2.24, 2.45) is 0 Å². The molecule has 0 fully saturated rings. The fraction of sp³-hybridized carbons (Fsp3) is 0.500. The first kappa shape index (κ1) is 16.5. The van der Waals surface area contributed by atoms with E-state index in [1.54, 1.807) is 13.8 Å². The van der Waals surface area contributed by atoms with Gasteiger partial charge in [0.05, 0.1) is 19.3 Å². The van der Waals surface area contributed by atoms with Crippen LogP contribution in [0.25, 0.3) is 0 Å². The van der Waals surface area contributed by atoms with Crippen LogP contribution in [0.2, 0.25) is 0 Å². The van der Waals surface area contributed by atoms with Crippen molar-refractivity contribution in [2.75, 3.05) is 13.2 Å². The van der Waals surface area contributed by atoms with Crippen LogP contribution in [-0.4, -0.2) is 39.4 Å². The molecule has 0 spiro atoms. The van der Waals surface area contributed by atoms with E-state index in [0.717, 1.165) is 6.07 Å². The lowest BCUT2D eigenvalue weighted by Gasteiger charge is -2.11. The Labute approximate surface area is 119 Å². The highest BCUT2D eigenvalue weighted by Gasteiger charge is 2.16. The predicted octanol–water partition coefficient (Wildman–Crippen LogP) is -1.16. The minimum Gasteiger partial charge on any atom is -0.494 e. The van der Waals surface area contributed by atoms with E-state index >= 15 is 0 Å². The van der Waals surface area contributed by atoms with Crippen LogP contribution in [0.3, 0.4) is 0 Å². The highest BCUT2D eigenvalue weighted by atomic mass is 16.5. The molecule has 1 rings (SSSR count). The molecule has 0 aliphatic rings. The summed E-state index contributed by atoms with van der Waals surface area (Å²) < 4.78 is 10.5. The molecule has 1 N–H and O–H groups in total. The number of nitrogens with zero attached hydrogens (tertiary/aromatic N) is 2. The quantitative estimate of drug-likeness (QED) is 0.659. The summed E-state index contributed by atoms with van der Waals surface area (Å²) in [6.07, 6.45) is 0. The van der Waals surface area contributed by atoms with Crippen LogP contribution in [0.1, 0.15) is 13.8 Å². The van der Waals surface area contributed by atoms with Crippen LogP contribution >= 0.6 is 0 Å². The average molecular weight is 300 g/mol. The van der Waals surface area contributed by atoms with Gasteiger partial charge in [0.1, 0.15) is 13.1 Å². The molecular weight excluding hydrogens is 284 g/mol. The first-order chi connectivity index (χ1) is 9.90. The molecule has 1 aromatic heterocycles. The summed E-state index contributed by atoms with van der Waals surface area (Å²) >= 11 is 0. The van der Waals surface area contributed by atoms with Gasteiger partial charge in [-0.25, -0.2) is 9.36 Å². The largest absolute Gasteiger partial charge is 0.494 e. The lowest BCUT2D eigenvalue weighted by molar-refractivity contribution is -0.144. The zero-order chi connectivity index (χ0) is 16.0. The number of aromatic hydroxyl groups is 1. The number of rotatable bonds is 6. The molecule has 0 aliphatic carbocycles.